The molecule has 0 spiro atoms. The van der Waals surface area contributed by atoms with Crippen molar-refractivity contribution >= 4 is 17.7 Å². The Morgan fingerprint density at radius 3 is 2.44 bits per heavy atom. The first kappa shape index (κ1) is 15.1. The Labute approximate surface area is 113 Å². The molecule has 0 aliphatic rings. The first-order chi connectivity index (χ1) is 8.49. The van der Waals surface area contributed by atoms with Crippen molar-refractivity contribution in [2.24, 2.45) is 0 Å². The van der Waals surface area contributed by atoms with Gasteiger partial charge in [-0.25, -0.2) is 0 Å². The average Bonchev–Trinajstić information content (AvgIpc) is 2.38. The summed E-state index contributed by atoms with van der Waals surface area (Å²) in [5, 5.41) is 3.12. The first-order valence-electron chi connectivity index (χ1n) is 5.91. The lowest BCUT2D eigenvalue weighted by Gasteiger charge is -2.25. The fourth-order valence-electron chi connectivity index (χ4n) is 1.69. The largest absolute Gasteiger partial charge is 0.468 e. The predicted molar refractivity (Wildman–Crippen MR) is 76.1 cm³/mol. The molecule has 0 aliphatic heterocycles. The van der Waals surface area contributed by atoms with Gasteiger partial charge >= 0.3 is 5.97 Å². The van der Waals surface area contributed by atoms with Crippen LogP contribution in [0.5, 0.6) is 0 Å². The number of hydrogen-bond acceptors (Lipinski definition) is 4. The van der Waals surface area contributed by atoms with E-state index in [1.165, 1.54) is 17.6 Å². The molecule has 100 valence electrons. The summed E-state index contributed by atoms with van der Waals surface area (Å²) in [7, 11) is 1.40. The molecular formula is C14H21NO2S. The fourth-order valence-corrected chi connectivity index (χ4v) is 2.10. The van der Waals surface area contributed by atoms with Crippen molar-refractivity contribution in [3.63, 3.8) is 0 Å². The number of hydrogen-bond donors (Lipinski definition) is 1. The van der Waals surface area contributed by atoms with Crippen molar-refractivity contribution in [3.05, 3.63) is 29.8 Å². The van der Waals surface area contributed by atoms with Gasteiger partial charge in [0.15, 0.2) is 0 Å². The molecule has 0 fully saturated rings. The van der Waals surface area contributed by atoms with Crippen LogP contribution < -0.4 is 5.32 Å². The van der Waals surface area contributed by atoms with Crippen molar-refractivity contribution in [2.45, 2.75) is 24.2 Å². The Bertz CT molecular complexity index is 387. The fraction of sp³-hybridized carbons (Fsp3) is 0.500. The molecule has 3 nitrogen and oxygen atoms in total. The number of ether oxygens (including phenoxy) is 1. The maximum Gasteiger partial charge on any atom is 0.319 e. The second-order valence-corrected chi connectivity index (χ2v) is 5.67. The quantitative estimate of drug-likeness (QED) is 0.635. The van der Waals surface area contributed by atoms with Crippen molar-refractivity contribution in [3.8, 4) is 0 Å². The van der Waals surface area contributed by atoms with E-state index in [0.29, 0.717) is 0 Å². The summed E-state index contributed by atoms with van der Waals surface area (Å²) in [4.78, 5) is 12.3. The third-order valence-electron chi connectivity index (χ3n) is 2.94. The van der Waals surface area contributed by atoms with Crippen LogP contribution in [-0.4, -0.2) is 32.4 Å². The summed E-state index contributed by atoms with van der Waals surface area (Å²) in [5.74, 6) is -0.233. The lowest BCUT2D eigenvalue weighted by atomic mass is 9.84. The highest BCUT2D eigenvalue weighted by atomic mass is 32.2. The Balaban J connectivity index is 2.58. The Morgan fingerprint density at radius 2 is 1.94 bits per heavy atom. The molecule has 4 heteroatoms. The Morgan fingerprint density at radius 1 is 1.33 bits per heavy atom. The molecule has 1 aromatic carbocycles. The lowest BCUT2D eigenvalue weighted by Crippen LogP contribution is -2.36. The second-order valence-electron chi connectivity index (χ2n) is 4.79. The van der Waals surface area contributed by atoms with Gasteiger partial charge in [-0.15, -0.1) is 11.8 Å². The third-order valence-corrected chi connectivity index (χ3v) is 3.68. The number of carbonyl (C=O) groups is 1. The van der Waals surface area contributed by atoms with E-state index in [-0.39, 0.29) is 17.9 Å². The predicted octanol–water partition coefficient (Wildman–Crippen LogP) is 2.45. The topological polar surface area (TPSA) is 38.3 Å². The maximum absolute atomic E-state index is 11.0. The van der Waals surface area contributed by atoms with Crippen molar-refractivity contribution < 1.29 is 9.53 Å². The number of benzene rings is 1. The van der Waals surface area contributed by atoms with Crippen LogP contribution in [0.15, 0.2) is 29.2 Å². The summed E-state index contributed by atoms with van der Waals surface area (Å²) >= 11 is 1.74. The number of nitrogens with one attached hydrogen (secondary N) is 1. The SMILES string of the molecule is COC(=O)CNCC(C)(C)c1ccc(SC)cc1. The lowest BCUT2D eigenvalue weighted by molar-refractivity contribution is -0.139. The van der Waals surface area contributed by atoms with E-state index >= 15 is 0 Å². The number of thioether (sulfide) groups is 1. The minimum atomic E-state index is -0.233. The van der Waals surface area contributed by atoms with Crippen LogP contribution in [0.1, 0.15) is 19.4 Å². The van der Waals surface area contributed by atoms with E-state index in [4.69, 9.17) is 0 Å². The number of rotatable bonds is 6. The highest BCUT2D eigenvalue weighted by molar-refractivity contribution is 7.98. The van der Waals surface area contributed by atoms with Crippen LogP contribution in [0.4, 0.5) is 0 Å². The molecule has 0 amide bonds. The van der Waals surface area contributed by atoms with Gasteiger partial charge in [0.25, 0.3) is 0 Å². The van der Waals surface area contributed by atoms with Gasteiger partial charge < -0.3 is 10.1 Å². The van der Waals surface area contributed by atoms with Crippen molar-refractivity contribution in [1.82, 2.24) is 5.32 Å². The molecule has 1 N–H and O–H groups in total. The summed E-state index contributed by atoms with van der Waals surface area (Å²) in [6, 6.07) is 8.54. The van der Waals surface area contributed by atoms with Crippen LogP contribution in [0.25, 0.3) is 0 Å². The van der Waals surface area contributed by atoms with Gasteiger partial charge in [0.2, 0.25) is 0 Å². The first-order valence-corrected chi connectivity index (χ1v) is 7.14. The molecule has 0 aromatic heterocycles. The van der Waals surface area contributed by atoms with E-state index in [1.807, 2.05) is 0 Å². The minimum absolute atomic E-state index is 0.00897. The molecule has 0 saturated carbocycles. The molecule has 1 aromatic rings. The van der Waals surface area contributed by atoms with Crippen LogP contribution in [-0.2, 0) is 14.9 Å². The van der Waals surface area contributed by atoms with Crippen molar-refractivity contribution in [1.29, 1.82) is 0 Å². The maximum atomic E-state index is 11.0. The standard InChI is InChI=1S/C14H21NO2S/c1-14(2,10-15-9-13(16)17-3)11-5-7-12(18-4)8-6-11/h5-8,15H,9-10H2,1-4H3. The normalized spacial score (nSPS) is 11.3. The average molecular weight is 267 g/mol. The molecule has 0 saturated heterocycles. The van der Waals surface area contributed by atoms with Gasteiger partial charge in [-0.2, -0.15) is 0 Å². The molecule has 18 heavy (non-hydrogen) atoms. The molecule has 0 radical (unpaired) electrons. The zero-order chi connectivity index (χ0) is 13.6. The molecule has 0 heterocycles. The molecular weight excluding hydrogens is 246 g/mol. The highest BCUT2D eigenvalue weighted by Crippen LogP contribution is 2.24. The van der Waals surface area contributed by atoms with Gasteiger partial charge in [0.05, 0.1) is 13.7 Å². The smallest absolute Gasteiger partial charge is 0.319 e. The van der Waals surface area contributed by atoms with Crippen LogP contribution >= 0.6 is 11.8 Å². The van der Waals surface area contributed by atoms with Gasteiger partial charge in [0.1, 0.15) is 0 Å². The van der Waals surface area contributed by atoms with E-state index in [9.17, 15) is 4.79 Å². The van der Waals surface area contributed by atoms with Gasteiger partial charge in [-0.3, -0.25) is 4.79 Å². The Kier molecular flexibility index (Phi) is 5.69. The monoisotopic (exact) mass is 267 g/mol. The van der Waals surface area contributed by atoms with E-state index < -0.39 is 0 Å². The molecule has 0 bridgehead atoms. The number of esters is 1. The van der Waals surface area contributed by atoms with Crippen molar-refractivity contribution in [2.75, 3.05) is 26.5 Å². The van der Waals surface area contributed by atoms with E-state index in [1.54, 1.807) is 11.8 Å². The zero-order valence-electron chi connectivity index (χ0n) is 11.4. The van der Waals surface area contributed by atoms with E-state index in [0.717, 1.165) is 6.54 Å². The summed E-state index contributed by atoms with van der Waals surface area (Å²) in [5.41, 5.74) is 1.25. The highest BCUT2D eigenvalue weighted by Gasteiger charge is 2.20. The molecule has 0 aliphatic carbocycles. The van der Waals surface area contributed by atoms with Gasteiger partial charge in [0, 0.05) is 16.9 Å². The van der Waals surface area contributed by atoms with Crippen LogP contribution in [0.3, 0.4) is 0 Å². The summed E-state index contributed by atoms with van der Waals surface area (Å²) < 4.78 is 4.60. The molecule has 0 atom stereocenters. The Hall–Kier alpha value is -1.00. The van der Waals surface area contributed by atoms with Crippen LogP contribution in [0, 0.1) is 0 Å². The molecule has 1 rings (SSSR count). The van der Waals surface area contributed by atoms with Gasteiger partial charge in [-0.1, -0.05) is 26.0 Å². The zero-order valence-corrected chi connectivity index (χ0v) is 12.3. The summed E-state index contributed by atoms with van der Waals surface area (Å²) in [6.45, 7) is 5.31. The number of carbonyl (C=O) groups excluding carboxylic acids is 1. The van der Waals surface area contributed by atoms with Gasteiger partial charge in [-0.05, 0) is 24.0 Å². The number of methoxy groups -OCH3 is 1. The molecule has 0 unspecified atom stereocenters. The second kappa shape index (κ2) is 6.81. The summed E-state index contributed by atoms with van der Waals surface area (Å²) in [6.07, 6.45) is 2.07. The van der Waals surface area contributed by atoms with E-state index in [2.05, 4.69) is 54.4 Å². The minimum Gasteiger partial charge on any atom is -0.468 e. The third kappa shape index (κ3) is 4.35. The van der Waals surface area contributed by atoms with Crippen LogP contribution in [0.2, 0.25) is 0 Å².